The first-order chi connectivity index (χ1) is 12.3. The van der Waals surface area contributed by atoms with Crippen molar-refractivity contribution in [3.63, 3.8) is 0 Å². The van der Waals surface area contributed by atoms with Gasteiger partial charge in [-0.3, -0.25) is 4.57 Å². The Bertz CT molecular complexity index is 1020. The van der Waals surface area contributed by atoms with Gasteiger partial charge in [0.1, 0.15) is 0 Å². The molecule has 0 aliphatic carbocycles. The summed E-state index contributed by atoms with van der Waals surface area (Å²) in [5.41, 5.74) is 5.63. The minimum atomic E-state index is 0.855. The Hall–Kier alpha value is -3.20. The lowest BCUT2D eigenvalue weighted by molar-refractivity contribution is 1.05. The molecule has 0 unspecified atom stereocenters. The highest BCUT2D eigenvalue weighted by molar-refractivity contribution is 5.69. The van der Waals surface area contributed by atoms with Crippen molar-refractivity contribution >= 4 is 0 Å². The molecule has 0 N–H and O–H groups in total. The van der Waals surface area contributed by atoms with Gasteiger partial charge in [-0.05, 0) is 31.0 Å². The van der Waals surface area contributed by atoms with Gasteiger partial charge in [-0.1, -0.05) is 72.8 Å². The highest BCUT2D eigenvalue weighted by Gasteiger charge is 2.18. The Labute approximate surface area is 147 Å². The molecule has 0 aliphatic rings. The van der Waals surface area contributed by atoms with Crippen molar-refractivity contribution in [3.8, 4) is 28.5 Å². The predicted octanol–water partition coefficient (Wildman–Crippen LogP) is 5.22. The number of rotatable bonds is 3. The Morgan fingerprint density at radius 3 is 1.92 bits per heavy atom. The summed E-state index contributed by atoms with van der Waals surface area (Å²) >= 11 is 0. The normalized spacial score (nSPS) is 10.8. The van der Waals surface area contributed by atoms with Crippen LogP contribution >= 0.6 is 0 Å². The Morgan fingerprint density at radius 2 is 1.20 bits per heavy atom. The maximum atomic E-state index is 4.55. The van der Waals surface area contributed by atoms with Crippen molar-refractivity contribution < 1.29 is 0 Å². The fraction of sp³-hybridized carbons (Fsp3) is 0.0909. The molecule has 0 atom stereocenters. The first-order valence-electron chi connectivity index (χ1n) is 8.38. The third-order valence-corrected chi connectivity index (χ3v) is 4.44. The van der Waals surface area contributed by atoms with Gasteiger partial charge in [-0.15, -0.1) is 10.2 Å². The number of nitrogens with zero attached hydrogens (tertiary/aromatic N) is 3. The topological polar surface area (TPSA) is 30.7 Å². The summed E-state index contributed by atoms with van der Waals surface area (Å²) in [6.45, 7) is 4.22. The summed E-state index contributed by atoms with van der Waals surface area (Å²) in [5.74, 6) is 1.72. The van der Waals surface area contributed by atoms with Crippen molar-refractivity contribution in [2.45, 2.75) is 13.8 Å². The molecule has 0 bridgehead atoms. The zero-order valence-corrected chi connectivity index (χ0v) is 14.3. The van der Waals surface area contributed by atoms with Gasteiger partial charge in [0.2, 0.25) is 0 Å². The van der Waals surface area contributed by atoms with Crippen molar-refractivity contribution in [3.05, 3.63) is 90.0 Å². The first kappa shape index (κ1) is 15.3. The average Bonchev–Trinajstić information content (AvgIpc) is 3.08. The fourth-order valence-electron chi connectivity index (χ4n) is 3.10. The second-order valence-corrected chi connectivity index (χ2v) is 6.15. The van der Waals surface area contributed by atoms with E-state index in [1.807, 2.05) is 30.3 Å². The molecule has 1 heterocycles. The molecule has 0 fully saturated rings. The quantitative estimate of drug-likeness (QED) is 0.517. The van der Waals surface area contributed by atoms with Crippen LogP contribution in [0.3, 0.4) is 0 Å². The largest absolute Gasteiger partial charge is 0.275 e. The zero-order valence-electron chi connectivity index (χ0n) is 14.3. The molecular weight excluding hydrogens is 306 g/mol. The number of aryl methyl sites for hydroxylation is 2. The molecule has 0 spiro atoms. The van der Waals surface area contributed by atoms with Crippen LogP contribution in [-0.2, 0) is 0 Å². The van der Waals surface area contributed by atoms with Gasteiger partial charge in [-0.25, -0.2) is 0 Å². The minimum Gasteiger partial charge on any atom is -0.275 e. The smallest absolute Gasteiger partial charge is 0.169 e. The standard InChI is InChI=1S/C22H19N3/c1-16-10-6-8-14-19(16)22-24-23-21(18-12-4-3-5-13-18)25(22)20-15-9-7-11-17(20)2/h3-15H,1-2H3. The van der Waals surface area contributed by atoms with Crippen LogP contribution < -0.4 is 0 Å². The van der Waals surface area contributed by atoms with Gasteiger partial charge >= 0.3 is 0 Å². The van der Waals surface area contributed by atoms with Crippen LogP contribution in [0.1, 0.15) is 11.1 Å². The molecule has 122 valence electrons. The molecule has 3 nitrogen and oxygen atoms in total. The SMILES string of the molecule is Cc1ccccc1-c1nnc(-c2ccccc2)n1-c1ccccc1C. The monoisotopic (exact) mass is 325 g/mol. The van der Waals surface area contributed by atoms with Crippen LogP contribution in [0, 0.1) is 13.8 Å². The van der Waals surface area contributed by atoms with Crippen LogP contribution in [0.5, 0.6) is 0 Å². The van der Waals surface area contributed by atoms with Crippen molar-refractivity contribution in [2.75, 3.05) is 0 Å². The lowest BCUT2D eigenvalue weighted by atomic mass is 10.1. The highest BCUT2D eigenvalue weighted by atomic mass is 15.3. The van der Waals surface area contributed by atoms with Gasteiger partial charge in [0.15, 0.2) is 11.6 Å². The summed E-state index contributed by atoms with van der Waals surface area (Å²) in [4.78, 5) is 0. The molecule has 0 aliphatic heterocycles. The van der Waals surface area contributed by atoms with Crippen LogP contribution in [0.4, 0.5) is 0 Å². The van der Waals surface area contributed by atoms with E-state index in [2.05, 4.69) is 77.1 Å². The summed E-state index contributed by atoms with van der Waals surface area (Å²) < 4.78 is 2.16. The molecule has 1 aromatic heterocycles. The minimum absolute atomic E-state index is 0.855. The zero-order chi connectivity index (χ0) is 17.2. The summed E-state index contributed by atoms with van der Waals surface area (Å²) in [5, 5.41) is 9.09. The van der Waals surface area contributed by atoms with Crippen LogP contribution in [0.15, 0.2) is 78.9 Å². The molecule has 0 saturated carbocycles. The third kappa shape index (κ3) is 2.74. The average molecular weight is 325 g/mol. The van der Waals surface area contributed by atoms with E-state index in [-0.39, 0.29) is 0 Å². The number of aromatic nitrogens is 3. The van der Waals surface area contributed by atoms with Gasteiger partial charge < -0.3 is 0 Å². The van der Waals surface area contributed by atoms with Crippen molar-refractivity contribution in [1.29, 1.82) is 0 Å². The van der Waals surface area contributed by atoms with E-state index in [4.69, 9.17) is 0 Å². The lowest BCUT2D eigenvalue weighted by Gasteiger charge is -2.14. The van der Waals surface area contributed by atoms with Gasteiger partial charge in [0.05, 0.1) is 5.69 Å². The Balaban J connectivity index is 2.03. The molecule has 0 radical (unpaired) electrons. The number of benzene rings is 3. The van der Waals surface area contributed by atoms with Crippen molar-refractivity contribution in [2.24, 2.45) is 0 Å². The predicted molar refractivity (Wildman–Crippen MR) is 102 cm³/mol. The summed E-state index contributed by atoms with van der Waals surface area (Å²) in [7, 11) is 0. The van der Waals surface area contributed by atoms with Gasteiger partial charge in [-0.2, -0.15) is 0 Å². The fourth-order valence-corrected chi connectivity index (χ4v) is 3.10. The van der Waals surface area contributed by atoms with E-state index in [1.54, 1.807) is 0 Å². The maximum Gasteiger partial charge on any atom is 0.169 e. The highest BCUT2D eigenvalue weighted by Crippen LogP contribution is 2.31. The van der Waals surface area contributed by atoms with E-state index >= 15 is 0 Å². The molecule has 4 rings (SSSR count). The molecule has 25 heavy (non-hydrogen) atoms. The number of hydrogen-bond donors (Lipinski definition) is 0. The van der Waals surface area contributed by atoms with E-state index in [9.17, 15) is 0 Å². The Kier molecular flexibility index (Phi) is 3.90. The lowest BCUT2D eigenvalue weighted by Crippen LogP contribution is -2.03. The molecule has 0 amide bonds. The van der Waals surface area contributed by atoms with E-state index < -0.39 is 0 Å². The van der Waals surface area contributed by atoms with E-state index in [0.717, 1.165) is 28.5 Å². The second kappa shape index (κ2) is 6.36. The summed E-state index contributed by atoms with van der Waals surface area (Å²) in [6, 6.07) is 26.8. The van der Waals surface area contributed by atoms with Crippen LogP contribution in [-0.4, -0.2) is 14.8 Å². The Morgan fingerprint density at radius 1 is 0.600 bits per heavy atom. The first-order valence-corrected chi connectivity index (χ1v) is 8.38. The van der Waals surface area contributed by atoms with Crippen LogP contribution in [0.2, 0.25) is 0 Å². The van der Waals surface area contributed by atoms with Gasteiger partial charge in [0.25, 0.3) is 0 Å². The van der Waals surface area contributed by atoms with Gasteiger partial charge in [0, 0.05) is 11.1 Å². The molecule has 3 heteroatoms. The summed E-state index contributed by atoms with van der Waals surface area (Å²) in [6.07, 6.45) is 0. The van der Waals surface area contributed by atoms with Crippen molar-refractivity contribution in [1.82, 2.24) is 14.8 Å². The van der Waals surface area contributed by atoms with E-state index in [1.165, 1.54) is 11.1 Å². The number of para-hydroxylation sites is 1. The van der Waals surface area contributed by atoms with Crippen LogP contribution in [0.25, 0.3) is 28.5 Å². The molecular formula is C22H19N3. The molecule has 4 aromatic rings. The number of hydrogen-bond acceptors (Lipinski definition) is 2. The van der Waals surface area contributed by atoms with E-state index in [0.29, 0.717) is 0 Å². The second-order valence-electron chi connectivity index (χ2n) is 6.15. The molecule has 0 saturated heterocycles. The molecule has 3 aromatic carbocycles. The maximum absolute atomic E-state index is 4.55. The third-order valence-electron chi connectivity index (χ3n) is 4.44.